The van der Waals surface area contributed by atoms with Crippen LogP contribution in [0, 0.1) is 0 Å². The molecule has 0 spiro atoms. The van der Waals surface area contributed by atoms with Crippen LogP contribution < -0.4 is 0 Å². The predicted octanol–water partition coefficient (Wildman–Crippen LogP) is 1.48. The molecule has 0 N–H and O–H groups in total. The van der Waals surface area contributed by atoms with Crippen LogP contribution in [0.4, 0.5) is 0 Å². The molecule has 3 heteroatoms. The van der Waals surface area contributed by atoms with E-state index in [1.165, 1.54) is 0 Å². The topological polar surface area (TPSA) is 26.3 Å². The lowest BCUT2D eigenvalue weighted by molar-refractivity contribution is -0.144. The van der Waals surface area contributed by atoms with E-state index in [1.807, 2.05) is 0 Å². The quantitative estimate of drug-likeness (QED) is 0.501. The first kappa shape index (κ1) is 7.06. The molecule has 0 aromatic carbocycles. The van der Waals surface area contributed by atoms with E-state index in [9.17, 15) is 4.79 Å². The van der Waals surface area contributed by atoms with Crippen LogP contribution in [-0.2, 0) is 9.53 Å². The number of alkyl halides is 1. The van der Waals surface area contributed by atoms with Gasteiger partial charge < -0.3 is 4.74 Å². The van der Waals surface area contributed by atoms with Crippen molar-refractivity contribution < 1.29 is 9.53 Å². The van der Waals surface area contributed by atoms with Crippen molar-refractivity contribution in [3.63, 3.8) is 0 Å². The summed E-state index contributed by atoms with van der Waals surface area (Å²) < 4.78 is 4.93. The molecule has 9 heavy (non-hydrogen) atoms. The van der Waals surface area contributed by atoms with Crippen LogP contribution >= 0.6 is 15.9 Å². The molecule has 0 aromatic rings. The van der Waals surface area contributed by atoms with Gasteiger partial charge >= 0.3 is 5.97 Å². The summed E-state index contributed by atoms with van der Waals surface area (Å²) in [6.07, 6.45) is 2.88. The fraction of sp³-hybridized carbons (Fsp3) is 0.833. The maximum atomic E-state index is 10.6. The van der Waals surface area contributed by atoms with Gasteiger partial charge in [0.15, 0.2) is 0 Å². The molecule has 0 heterocycles. The van der Waals surface area contributed by atoms with Gasteiger partial charge in [-0.2, -0.15) is 0 Å². The van der Waals surface area contributed by atoms with Crippen molar-refractivity contribution in [3.8, 4) is 0 Å². The molecule has 1 aliphatic rings. The van der Waals surface area contributed by atoms with Crippen molar-refractivity contribution in [3.05, 3.63) is 0 Å². The minimum atomic E-state index is -0.0747. The largest absolute Gasteiger partial charge is 0.462 e. The molecule has 1 saturated carbocycles. The van der Waals surface area contributed by atoms with Crippen molar-refractivity contribution in [2.45, 2.75) is 25.4 Å². The highest BCUT2D eigenvalue weighted by atomic mass is 79.9. The highest BCUT2D eigenvalue weighted by Gasteiger charge is 2.25. The third kappa shape index (κ3) is 2.84. The Labute approximate surface area is 62.7 Å². The standard InChI is InChI=1S/C6H9BrO2/c7-4-3-6(8)9-5-1-2-5/h5H,1-4H2. The van der Waals surface area contributed by atoms with Crippen molar-refractivity contribution in [2.24, 2.45) is 0 Å². The van der Waals surface area contributed by atoms with Crippen LogP contribution in [0.25, 0.3) is 0 Å². The minimum absolute atomic E-state index is 0.0747. The highest BCUT2D eigenvalue weighted by Crippen LogP contribution is 2.23. The highest BCUT2D eigenvalue weighted by molar-refractivity contribution is 9.09. The second-order valence-corrected chi connectivity index (χ2v) is 2.92. The summed E-state index contributed by atoms with van der Waals surface area (Å²) in [6.45, 7) is 0. The summed E-state index contributed by atoms with van der Waals surface area (Å²) >= 11 is 3.16. The average molecular weight is 193 g/mol. The van der Waals surface area contributed by atoms with Crippen molar-refractivity contribution in [1.29, 1.82) is 0 Å². The number of hydrogen-bond donors (Lipinski definition) is 0. The van der Waals surface area contributed by atoms with E-state index >= 15 is 0 Å². The van der Waals surface area contributed by atoms with Crippen molar-refractivity contribution in [1.82, 2.24) is 0 Å². The monoisotopic (exact) mass is 192 g/mol. The zero-order chi connectivity index (χ0) is 6.69. The normalized spacial score (nSPS) is 17.4. The third-order valence-electron chi connectivity index (χ3n) is 1.12. The fourth-order valence-corrected chi connectivity index (χ4v) is 0.832. The number of carbonyl (C=O) groups excluding carboxylic acids is 1. The third-order valence-corrected chi connectivity index (χ3v) is 1.52. The molecule has 52 valence electrons. The lowest BCUT2D eigenvalue weighted by atomic mass is 10.5. The Morgan fingerprint density at radius 3 is 2.78 bits per heavy atom. The molecule has 0 amide bonds. The molecule has 1 aliphatic carbocycles. The van der Waals surface area contributed by atoms with Gasteiger partial charge in [-0.05, 0) is 12.8 Å². The maximum Gasteiger partial charge on any atom is 0.306 e. The van der Waals surface area contributed by atoms with Crippen LogP contribution in [0.1, 0.15) is 19.3 Å². The van der Waals surface area contributed by atoms with E-state index in [0.29, 0.717) is 11.8 Å². The average Bonchev–Trinajstić information content (AvgIpc) is 2.50. The Hall–Kier alpha value is -0.0500. The first-order chi connectivity index (χ1) is 4.33. The Kier molecular flexibility index (Phi) is 2.51. The molecule has 0 unspecified atom stereocenters. The summed E-state index contributed by atoms with van der Waals surface area (Å²) in [6, 6.07) is 0. The molecule has 0 aromatic heterocycles. The summed E-state index contributed by atoms with van der Waals surface area (Å²) in [5.41, 5.74) is 0. The van der Waals surface area contributed by atoms with Gasteiger partial charge in [0.1, 0.15) is 6.10 Å². The molecular weight excluding hydrogens is 184 g/mol. The number of ether oxygens (including phenoxy) is 1. The Morgan fingerprint density at radius 2 is 2.33 bits per heavy atom. The van der Waals surface area contributed by atoms with Gasteiger partial charge in [-0.25, -0.2) is 0 Å². The van der Waals surface area contributed by atoms with Gasteiger partial charge in [0.25, 0.3) is 0 Å². The van der Waals surface area contributed by atoms with E-state index in [0.717, 1.165) is 12.8 Å². The first-order valence-electron chi connectivity index (χ1n) is 3.08. The van der Waals surface area contributed by atoms with Gasteiger partial charge in [0.05, 0.1) is 6.42 Å². The van der Waals surface area contributed by atoms with Crippen LogP contribution in [0.2, 0.25) is 0 Å². The Bertz CT molecular complexity index is 110. The lowest BCUT2D eigenvalue weighted by Crippen LogP contribution is -2.05. The molecule has 1 rings (SSSR count). The molecule has 2 nitrogen and oxygen atoms in total. The lowest BCUT2D eigenvalue weighted by Gasteiger charge is -1.97. The smallest absolute Gasteiger partial charge is 0.306 e. The molecule has 1 fully saturated rings. The second-order valence-electron chi connectivity index (χ2n) is 2.13. The molecular formula is C6H9BrO2. The van der Waals surface area contributed by atoms with Gasteiger partial charge in [-0.15, -0.1) is 0 Å². The SMILES string of the molecule is O=C(CCBr)OC1CC1. The molecule has 0 saturated heterocycles. The number of rotatable bonds is 3. The van der Waals surface area contributed by atoms with Crippen LogP contribution in [0.5, 0.6) is 0 Å². The van der Waals surface area contributed by atoms with E-state index in [4.69, 9.17) is 4.74 Å². The number of hydrogen-bond acceptors (Lipinski definition) is 2. The van der Waals surface area contributed by atoms with Crippen LogP contribution in [0.15, 0.2) is 0 Å². The summed E-state index contributed by atoms with van der Waals surface area (Å²) in [4.78, 5) is 10.6. The zero-order valence-corrected chi connectivity index (χ0v) is 6.69. The molecule has 0 bridgehead atoms. The fourth-order valence-electron chi connectivity index (χ4n) is 0.508. The molecule has 0 atom stereocenters. The van der Waals surface area contributed by atoms with E-state index in [-0.39, 0.29) is 12.1 Å². The van der Waals surface area contributed by atoms with Crippen molar-refractivity contribution >= 4 is 21.9 Å². The van der Waals surface area contributed by atoms with Gasteiger partial charge in [0, 0.05) is 5.33 Å². The van der Waals surface area contributed by atoms with Gasteiger partial charge in [-0.1, -0.05) is 15.9 Å². The van der Waals surface area contributed by atoms with E-state index < -0.39 is 0 Å². The molecule has 0 aliphatic heterocycles. The van der Waals surface area contributed by atoms with Crippen molar-refractivity contribution in [2.75, 3.05) is 5.33 Å². The first-order valence-corrected chi connectivity index (χ1v) is 4.20. The Morgan fingerprint density at radius 1 is 1.67 bits per heavy atom. The summed E-state index contributed by atoms with van der Waals surface area (Å²) in [7, 11) is 0. The maximum absolute atomic E-state index is 10.6. The second kappa shape index (κ2) is 3.20. The van der Waals surface area contributed by atoms with Gasteiger partial charge in [0.2, 0.25) is 0 Å². The number of carbonyl (C=O) groups is 1. The number of halogens is 1. The number of esters is 1. The van der Waals surface area contributed by atoms with Gasteiger partial charge in [-0.3, -0.25) is 4.79 Å². The molecule has 0 radical (unpaired) electrons. The summed E-state index contributed by atoms with van der Waals surface area (Å²) in [5.74, 6) is -0.0747. The minimum Gasteiger partial charge on any atom is -0.462 e. The Balaban J connectivity index is 2.02. The van der Waals surface area contributed by atoms with E-state index in [1.54, 1.807) is 0 Å². The zero-order valence-electron chi connectivity index (χ0n) is 5.10. The predicted molar refractivity (Wildman–Crippen MR) is 37.5 cm³/mol. The van der Waals surface area contributed by atoms with Crippen LogP contribution in [0.3, 0.4) is 0 Å². The summed E-state index contributed by atoms with van der Waals surface area (Å²) in [5, 5.41) is 0.707. The van der Waals surface area contributed by atoms with E-state index in [2.05, 4.69) is 15.9 Å². The van der Waals surface area contributed by atoms with Crippen LogP contribution in [-0.4, -0.2) is 17.4 Å².